The van der Waals surface area contributed by atoms with Crippen molar-refractivity contribution in [3.8, 4) is 0 Å². The number of anilines is 2. The average molecular weight is 185 g/mol. The summed E-state index contributed by atoms with van der Waals surface area (Å²) in [7, 11) is 1.79. The van der Waals surface area contributed by atoms with Gasteiger partial charge < -0.3 is 15.7 Å². The zero-order valence-corrected chi connectivity index (χ0v) is 8.07. The number of aliphatic hydroxyl groups is 1. The Kier molecular flexibility index (Phi) is 2.42. The molecule has 0 unspecified atom stereocenters. The van der Waals surface area contributed by atoms with Crippen LogP contribution in [0.4, 0.5) is 11.9 Å². The molecular formula is C7H15N5O. The number of nitrogens with two attached hydrogens (primary N) is 1. The van der Waals surface area contributed by atoms with E-state index in [1.165, 1.54) is 0 Å². The van der Waals surface area contributed by atoms with Gasteiger partial charge >= 0.3 is 0 Å². The highest BCUT2D eigenvalue weighted by molar-refractivity contribution is 5.32. The Hall–Kier alpha value is -1.30. The number of nitrogens with one attached hydrogen (secondary N) is 1. The van der Waals surface area contributed by atoms with Crippen molar-refractivity contribution in [1.82, 2.24) is 15.2 Å². The summed E-state index contributed by atoms with van der Waals surface area (Å²) in [5.74, 6) is 0.761. The minimum atomic E-state index is -0.774. The lowest BCUT2D eigenvalue weighted by atomic mass is 10.1. The predicted octanol–water partition coefficient (Wildman–Crippen LogP) is -0.406. The van der Waals surface area contributed by atoms with E-state index < -0.39 is 5.60 Å². The van der Waals surface area contributed by atoms with Crippen LogP contribution in [0.15, 0.2) is 0 Å². The van der Waals surface area contributed by atoms with Gasteiger partial charge in [0.25, 0.3) is 0 Å². The molecule has 0 saturated heterocycles. The van der Waals surface area contributed by atoms with Gasteiger partial charge in [0.05, 0.1) is 5.60 Å². The monoisotopic (exact) mass is 185 g/mol. The first-order chi connectivity index (χ1) is 5.88. The van der Waals surface area contributed by atoms with Gasteiger partial charge in [-0.1, -0.05) is 0 Å². The Morgan fingerprint density at radius 3 is 2.62 bits per heavy atom. The topological polar surface area (TPSA) is 91.1 Å². The van der Waals surface area contributed by atoms with Gasteiger partial charge in [0.2, 0.25) is 11.9 Å². The summed E-state index contributed by atoms with van der Waals surface area (Å²) in [6.07, 6.45) is 0. The van der Waals surface area contributed by atoms with Crippen LogP contribution in [0.25, 0.3) is 0 Å². The largest absolute Gasteiger partial charge is 0.389 e. The molecule has 0 spiro atoms. The highest BCUT2D eigenvalue weighted by Crippen LogP contribution is 2.10. The molecule has 1 heterocycles. The van der Waals surface area contributed by atoms with E-state index in [-0.39, 0.29) is 5.95 Å². The molecule has 4 N–H and O–H groups in total. The van der Waals surface area contributed by atoms with Crippen molar-refractivity contribution in [1.29, 1.82) is 0 Å². The van der Waals surface area contributed by atoms with Crippen LogP contribution in [0.5, 0.6) is 0 Å². The number of hydrogen-bond donors (Lipinski definition) is 3. The number of aromatic nitrogens is 3. The standard InChI is InChI=1S/C7H15N5O/c1-7(2,13)4-12(3)6-9-5(8)10-11-6/h13H,4H2,1-3H3,(H3,8,9,10,11). The molecule has 0 atom stereocenters. The fourth-order valence-electron chi connectivity index (χ4n) is 1.09. The van der Waals surface area contributed by atoms with Crippen LogP contribution in [0.3, 0.4) is 0 Å². The number of nitrogen functional groups attached to an aromatic ring is 1. The second kappa shape index (κ2) is 3.21. The van der Waals surface area contributed by atoms with E-state index in [1.54, 1.807) is 25.8 Å². The molecule has 0 aliphatic heterocycles. The first-order valence-electron chi connectivity index (χ1n) is 4.00. The minimum absolute atomic E-state index is 0.276. The van der Waals surface area contributed by atoms with Gasteiger partial charge in [0.15, 0.2) is 0 Å². The van der Waals surface area contributed by atoms with Crippen molar-refractivity contribution >= 4 is 11.9 Å². The maximum atomic E-state index is 9.52. The molecule has 0 saturated carbocycles. The van der Waals surface area contributed by atoms with Gasteiger partial charge in [-0.15, -0.1) is 5.10 Å². The molecule has 0 aromatic carbocycles. The SMILES string of the molecule is CN(CC(C)(C)O)c1n[nH]c(N)n1. The van der Waals surface area contributed by atoms with E-state index in [0.717, 1.165) is 0 Å². The van der Waals surface area contributed by atoms with Crippen LogP contribution in [-0.2, 0) is 0 Å². The van der Waals surface area contributed by atoms with E-state index in [9.17, 15) is 5.11 Å². The highest BCUT2D eigenvalue weighted by atomic mass is 16.3. The molecule has 0 aliphatic rings. The zero-order chi connectivity index (χ0) is 10.1. The molecule has 0 fully saturated rings. The van der Waals surface area contributed by atoms with Gasteiger partial charge in [-0.2, -0.15) is 4.98 Å². The van der Waals surface area contributed by atoms with E-state index in [0.29, 0.717) is 12.5 Å². The maximum Gasteiger partial charge on any atom is 0.246 e. The number of hydrogen-bond acceptors (Lipinski definition) is 5. The summed E-state index contributed by atoms with van der Waals surface area (Å²) >= 11 is 0. The Bertz CT molecular complexity index is 277. The highest BCUT2D eigenvalue weighted by Gasteiger charge is 2.17. The molecular weight excluding hydrogens is 170 g/mol. The van der Waals surface area contributed by atoms with Crippen LogP contribution in [0.1, 0.15) is 13.8 Å². The zero-order valence-electron chi connectivity index (χ0n) is 8.07. The molecule has 1 aromatic rings. The first-order valence-corrected chi connectivity index (χ1v) is 4.00. The number of H-pyrrole nitrogens is 1. The normalized spacial score (nSPS) is 11.7. The molecule has 6 heteroatoms. The Labute approximate surface area is 76.8 Å². The molecule has 0 aliphatic carbocycles. The van der Waals surface area contributed by atoms with Crippen LogP contribution in [0.2, 0.25) is 0 Å². The van der Waals surface area contributed by atoms with Crippen LogP contribution >= 0.6 is 0 Å². The Morgan fingerprint density at radius 1 is 1.62 bits per heavy atom. The quantitative estimate of drug-likeness (QED) is 0.595. The van der Waals surface area contributed by atoms with Crippen molar-refractivity contribution < 1.29 is 5.11 Å². The van der Waals surface area contributed by atoms with Crippen molar-refractivity contribution in [2.24, 2.45) is 0 Å². The van der Waals surface area contributed by atoms with Crippen molar-refractivity contribution in [3.05, 3.63) is 0 Å². The number of nitrogens with zero attached hydrogens (tertiary/aromatic N) is 3. The molecule has 1 aromatic heterocycles. The van der Waals surface area contributed by atoms with Crippen LogP contribution in [0, 0.1) is 0 Å². The molecule has 0 amide bonds. The second-order valence-corrected chi connectivity index (χ2v) is 3.69. The summed E-state index contributed by atoms with van der Waals surface area (Å²) in [5, 5.41) is 15.9. The average Bonchev–Trinajstić information content (AvgIpc) is 2.31. The molecule has 0 bridgehead atoms. The van der Waals surface area contributed by atoms with Crippen molar-refractivity contribution in [3.63, 3.8) is 0 Å². The molecule has 0 radical (unpaired) electrons. The summed E-state index contributed by atoms with van der Waals surface area (Å²) in [6.45, 7) is 3.89. The smallest absolute Gasteiger partial charge is 0.246 e. The molecule has 1 rings (SSSR count). The van der Waals surface area contributed by atoms with Crippen LogP contribution < -0.4 is 10.6 Å². The van der Waals surface area contributed by atoms with E-state index in [1.807, 2.05) is 0 Å². The van der Waals surface area contributed by atoms with Gasteiger partial charge in [0.1, 0.15) is 0 Å². The number of aromatic amines is 1. The fraction of sp³-hybridized carbons (Fsp3) is 0.714. The van der Waals surface area contributed by atoms with Gasteiger partial charge in [0, 0.05) is 13.6 Å². The molecule has 6 nitrogen and oxygen atoms in total. The molecule has 74 valence electrons. The third-order valence-corrected chi connectivity index (χ3v) is 1.46. The number of likely N-dealkylation sites (N-methyl/N-ethyl adjacent to an activating group) is 1. The van der Waals surface area contributed by atoms with E-state index in [4.69, 9.17) is 5.73 Å². The second-order valence-electron chi connectivity index (χ2n) is 3.69. The van der Waals surface area contributed by atoms with Gasteiger partial charge in [-0.25, -0.2) is 5.10 Å². The van der Waals surface area contributed by atoms with Gasteiger partial charge in [-0.05, 0) is 13.8 Å². The number of rotatable bonds is 3. The van der Waals surface area contributed by atoms with Crippen molar-refractivity contribution in [2.45, 2.75) is 19.4 Å². The first kappa shape index (κ1) is 9.79. The van der Waals surface area contributed by atoms with Crippen molar-refractivity contribution in [2.75, 3.05) is 24.2 Å². The lowest BCUT2D eigenvalue weighted by molar-refractivity contribution is 0.0883. The van der Waals surface area contributed by atoms with E-state index >= 15 is 0 Å². The Balaban J connectivity index is 2.64. The summed E-state index contributed by atoms with van der Waals surface area (Å²) < 4.78 is 0. The maximum absolute atomic E-state index is 9.52. The van der Waals surface area contributed by atoms with Crippen LogP contribution in [-0.4, -0.2) is 39.5 Å². The summed E-state index contributed by atoms with van der Waals surface area (Å²) in [5.41, 5.74) is 4.59. The Morgan fingerprint density at radius 2 is 2.23 bits per heavy atom. The van der Waals surface area contributed by atoms with Gasteiger partial charge in [-0.3, -0.25) is 0 Å². The third-order valence-electron chi connectivity index (χ3n) is 1.46. The van der Waals surface area contributed by atoms with E-state index in [2.05, 4.69) is 15.2 Å². The summed E-state index contributed by atoms with van der Waals surface area (Å²) in [4.78, 5) is 5.65. The molecule has 13 heavy (non-hydrogen) atoms. The minimum Gasteiger partial charge on any atom is -0.389 e. The lowest BCUT2D eigenvalue weighted by Gasteiger charge is -2.24. The fourth-order valence-corrected chi connectivity index (χ4v) is 1.09. The lowest BCUT2D eigenvalue weighted by Crippen LogP contribution is -2.36. The summed E-state index contributed by atoms with van der Waals surface area (Å²) in [6, 6.07) is 0. The predicted molar refractivity (Wildman–Crippen MR) is 50.4 cm³/mol. The third kappa shape index (κ3) is 2.90.